The minimum Gasteiger partial charge on any atom is -0.382 e. The highest BCUT2D eigenvalue weighted by molar-refractivity contribution is 7.60. The number of hydrogen-bond donors (Lipinski definition) is 1. The molecular formula is C13H12ClF3N2O3S. The van der Waals surface area contributed by atoms with Crippen LogP contribution in [0, 0.1) is 17.1 Å². The Morgan fingerprint density at radius 2 is 2.04 bits per heavy atom. The lowest BCUT2D eigenvalue weighted by Gasteiger charge is -2.13. The molecule has 0 heterocycles. The molecular weight excluding hydrogens is 357 g/mol. The first-order valence-electron chi connectivity index (χ1n) is 5.93. The molecule has 0 aromatic heterocycles. The molecule has 0 saturated carbocycles. The third-order valence-electron chi connectivity index (χ3n) is 2.26. The Labute approximate surface area is 137 Å². The van der Waals surface area contributed by atoms with Crippen LogP contribution in [-0.4, -0.2) is 20.7 Å². The summed E-state index contributed by atoms with van der Waals surface area (Å²) in [4.78, 5) is 4.74. The van der Waals surface area contributed by atoms with Gasteiger partial charge in [0.2, 0.25) is 0 Å². The number of benzene rings is 1. The van der Waals surface area contributed by atoms with Gasteiger partial charge in [0.1, 0.15) is 0 Å². The summed E-state index contributed by atoms with van der Waals surface area (Å²) in [5.41, 5.74) is -0.758. The zero-order valence-electron chi connectivity index (χ0n) is 11.8. The van der Waals surface area contributed by atoms with Gasteiger partial charge in [-0.25, -0.2) is 0 Å². The van der Waals surface area contributed by atoms with Crippen molar-refractivity contribution in [3.63, 3.8) is 0 Å². The van der Waals surface area contributed by atoms with Gasteiger partial charge in [-0.1, -0.05) is 29.6 Å². The van der Waals surface area contributed by atoms with Crippen molar-refractivity contribution in [2.45, 2.75) is 19.5 Å². The molecule has 0 amide bonds. The number of alkyl halides is 3. The van der Waals surface area contributed by atoms with Gasteiger partial charge in [-0.15, -0.1) is 6.42 Å². The van der Waals surface area contributed by atoms with E-state index in [0.717, 1.165) is 6.07 Å². The molecule has 0 radical (unpaired) electrons. The maximum atomic E-state index is 12.9. The van der Waals surface area contributed by atoms with Crippen molar-refractivity contribution >= 4 is 27.8 Å². The Kier molecular flexibility index (Phi) is 8.98. The Bertz CT molecular complexity index is 703. The van der Waals surface area contributed by atoms with Crippen molar-refractivity contribution in [1.29, 1.82) is 4.78 Å². The number of halogens is 4. The summed E-state index contributed by atoms with van der Waals surface area (Å²) in [6, 6.07) is 3.32. The van der Waals surface area contributed by atoms with Crippen molar-refractivity contribution < 1.29 is 26.4 Å². The first kappa shape index (κ1) is 20.9. The van der Waals surface area contributed by atoms with E-state index >= 15 is 0 Å². The quantitative estimate of drug-likeness (QED) is 0.380. The van der Waals surface area contributed by atoms with Crippen LogP contribution < -0.4 is 0 Å². The summed E-state index contributed by atoms with van der Waals surface area (Å²) in [5, 5.41) is 3.83. The maximum Gasteiger partial charge on any atom is 0.417 e. The van der Waals surface area contributed by atoms with E-state index in [-0.39, 0.29) is 29.3 Å². The number of nitrogens with zero attached hydrogens (tertiary/aromatic N) is 1. The van der Waals surface area contributed by atoms with Gasteiger partial charge in [0, 0.05) is 10.6 Å². The van der Waals surface area contributed by atoms with Gasteiger partial charge < -0.3 is 4.84 Å². The minimum atomic E-state index is -4.48. The molecule has 0 fully saturated rings. The first-order chi connectivity index (χ1) is 10.6. The number of oxime groups is 1. The Morgan fingerprint density at radius 1 is 1.48 bits per heavy atom. The zero-order valence-corrected chi connectivity index (χ0v) is 13.4. The van der Waals surface area contributed by atoms with Crippen LogP contribution in [0.15, 0.2) is 23.4 Å². The third kappa shape index (κ3) is 8.23. The molecule has 126 valence electrons. The van der Waals surface area contributed by atoms with E-state index in [9.17, 15) is 13.2 Å². The highest BCUT2D eigenvalue weighted by atomic mass is 35.5. The first-order valence-corrected chi connectivity index (χ1v) is 7.38. The zero-order chi connectivity index (χ0) is 18.0. The van der Waals surface area contributed by atoms with Crippen LogP contribution in [0.5, 0.6) is 0 Å². The lowest BCUT2D eigenvalue weighted by Crippen LogP contribution is -2.13. The molecule has 0 unspecified atom stereocenters. The van der Waals surface area contributed by atoms with Crippen molar-refractivity contribution in [3.8, 4) is 12.3 Å². The predicted octanol–water partition coefficient (Wildman–Crippen LogP) is 3.75. The Hall–Kier alpha value is -2.05. The molecule has 0 spiro atoms. The number of hydrogen-bond acceptors (Lipinski definition) is 5. The molecule has 0 aliphatic heterocycles. The normalized spacial score (nSPS) is 11.0. The lowest BCUT2D eigenvalue weighted by molar-refractivity contribution is -0.137. The van der Waals surface area contributed by atoms with Gasteiger partial charge in [0.15, 0.2) is 6.61 Å². The molecule has 0 aliphatic rings. The van der Waals surface area contributed by atoms with Crippen LogP contribution in [0.25, 0.3) is 0 Å². The van der Waals surface area contributed by atoms with E-state index in [1.807, 2.05) is 0 Å². The fourth-order valence-electron chi connectivity index (χ4n) is 1.45. The van der Waals surface area contributed by atoms with Crippen LogP contribution >= 0.6 is 11.6 Å². The van der Waals surface area contributed by atoms with Crippen molar-refractivity contribution in [2.75, 3.05) is 6.61 Å². The van der Waals surface area contributed by atoms with Crippen LogP contribution in [0.1, 0.15) is 24.5 Å². The fraction of sp³-hybridized carbons (Fsp3) is 0.308. The highest BCUT2D eigenvalue weighted by Crippen LogP contribution is 2.34. The molecule has 0 bridgehead atoms. The molecule has 10 heteroatoms. The molecule has 5 nitrogen and oxygen atoms in total. The summed E-state index contributed by atoms with van der Waals surface area (Å²) in [5.74, 6) is 2.18. The van der Waals surface area contributed by atoms with Gasteiger partial charge in [-0.2, -0.15) is 26.4 Å². The molecule has 23 heavy (non-hydrogen) atoms. The van der Waals surface area contributed by atoms with Crippen LogP contribution in [-0.2, 0) is 21.5 Å². The Balaban J connectivity index is 0.00000108. The van der Waals surface area contributed by atoms with E-state index in [2.05, 4.69) is 11.1 Å². The van der Waals surface area contributed by atoms with Gasteiger partial charge in [-0.05, 0) is 24.6 Å². The van der Waals surface area contributed by atoms with Crippen molar-refractivity contribution in [3.05, 3.63) is 34.3 Å². The molecule has 0 saturated heterocycles. The molecule has 0 atom stereocenters. The smallest absolute Gasteiger partial charge is 0.382 e. The van der Waals surface area contributed by atoms with E-state index in [4.69, 9.17) is 36.1 Å². The fourth-order valence-corrected chi connectivity index (χ4v) is 1.63. The number of rotatable bonds is 4. The third-order valence-corrected chi connectivity index (χ3v) is 2.49. The SMILES string of the molecule is C#CCO/N=C(\CC)c1cc(Cl)ccc1C(F)(F)F.N=S(=O)=O. The van der Waals surface area contributed by atoms with Gasteiger partial charge in [0.25, 0.3) is 0 Å². The summed E-state index contributed by atoms with van der Waals surface area (Å²) >= 11 is 5.73. The maximum absolute atomic E-state index is 12.9. The van der Waals surface area contributed by atoms with Crippen molar-refractivity contribution in [1.82, 2.24) is 0 Å². The van der Waals surface area contributed by atoms with Crippen LogP contribution in [0.2, 0.25) is 5.02 Å². The minimum absolute atomic E-state index is 0.0977. The van der Waals surface area contributed by atoms with E-state index in [1.165, 1.54) is 12.1 Å². The summed E-state index contributed by atoms with van der Waals surface area (Å²) < 4.78 is 61.5. The second-order valence-electron chi connectivity index (χ2n) is 3.79. The molecule has 1 rings (SSSR count). The molecule has 1 aromatic carbocycles. The average molecular weight is 369 g/mol. The molecule has 0 aliphatic carbocycles. The Morgan fingerprint density at radius 3 is 2.48 bits per heavy atom. The average Bonchev–Trinajstić information content (AvgIpc) is 2.41. The summed E-state index contributed by atoms with van der Waals surface area (Å²) in [7, 11) is -2.61. The largest absolute Gasteiger partial charge is 0.417 e. The van der Waals surface area contributed by atoms with E-state index < -0.39 is 22.2 Å². The van der Waals surface area contributed by atoms with E-state index in [0.29, 0.717) is 0 Å². The van der Waals surface area contributed by atoms with Gasteiger partial charge in [0.05, 0.1) is 11.3 Å². The monoisotopic (exact) mass is 368 g/mol. The second-order valence-corrected chi connectivity index (χ2v) is 4.70. The summed E-state index contributed by atoms with van der Waals surface area (Å²) in [6.45, 7) is 1.56. The van der Waals surface area contributed by atoms with Gasteiger partial charge >= 0.3 is 16.7 Å². The van der Waals surface area contributed by atoms with Crippen molar-refractivity contribution in [2.24, 2.45) is 5.16 Å². The van der Waals surface area contributed by atoms with Crippen LogP contribution in [0.4, 0.5) is 13.2 Å². The molecule has 1 aromatic rings. The number of terminal acetylenes is 1. The molecule has 1 N–H and O–H groups in total. The van der Waals surface area contributed by atoms with E-state index in [1.54, 1.807) is 6.92 Å². The van der Waals surface area contributed by atoms with Gasteiger partial charge in [-0.3, -0.25) is 0 Å². The summed E-state index contributed by atoms with van der Waals surface area (Å²) in [6.07, 6.45) is 0.747. The van der Waals surface area contributed by atoms with Crippen LogP contribution in [0.3, 0.4) is 0 Å². The highest BCUT2D eigenvalue weighted by Gasteiger charge is 2.34. The topological polar surface area (TPSA) is 79.6 Å². The number of nitrogens with one attached hydrogen (secondary N) is 1. The lowest BCUT2D eigenvalue weighted by atomic mass is 10.0. The second kappa shape index (κ2) is 9.86. The predicted molar refractivity (Wildman–Crippen MR) is 79.7 cm³/mol. The standard InChI is InChI=1S/C13H11ClF3NO.HNO2S/c1-3-7-19-18-12(4-2)10-8-9(14)5-6-11(10)13(15,16)17;1-4(2)3/h1,5-6,8H,4,7H2,2H3;1H/b18-12+;.